The van der Waals surface area contributed by atoms with Gasteiger partial charge in [0, 0.05) is 29.2 Å². The molecule has 0 aromatic heterocycles. The quantitative estimate of drug-likeness (QED) is 0.797. The van der Waals surface area contributed by atoms with E-state index in [9.17, 15) is 5.11 Å². The van der Waals surface area contributed by atoms with Gasteiger partial charge in [-0.3, -0.25) is 4.99 Å². The molecule has 0 atom stereocenters. The Bertz CT molecular complexity index is 914. The maximum absolute atomic E-state index is 9.91. The number of nitrogens with zero attached hydrogens (tertiary/aromatic N) is 1. The van der Waals surface area contributed by atoms with Crippen LogP contribution in [0.15, 0.2) is 53.7 Å². The second-order valence-corrected chi connectivity index (χ2v) is 5.80. The summed E-state index contributed by atoms with van der Waals surface area (Å²) >= 11 is 0. The fourth-order valence-corrected chi connectivity index (χ4v) is 2.61. The minimum atomic E-state index is 0.0729. The molecule has 0 saturated heterocycles. The number of phenolic OH excluding ortho intramolecular Hbond substituents is 1. The van der Waals surface area contributed by atoms with Gasteiger partial charge in [0.25, 0.3) is 0 Å². The molecule has 0 aliphatic carbocycles. The van der Waals surface area contributed by atoms with Gasteiger partial charge in [-0.05, 0) is 48.9 Å². The van der Waals surface area contributed by atoms with Gasteiger partial charge in [-0.1, -0.05) is 25.3 Å². The Morgan fingerprint density at radius 3 is 2.72 bits per heavy atom. The summed E-state index contributed by atoms with van der Waals surface area (Å²) in [5.74, 6) is 0.479. The predicted octanol–water partition coefficient (Wildman–Crippen LogP) is 3.20. The zero-order valence-corrected chi connectivity index (χ0v) is 15.0. The van der Waals surface area contributed by atoms with Crippen LogP contribution in [0.1, 0.15) is 19.4 Å². The minimum Gasteiger partial charge on any atom is -0.504 e. The van der Waals surface area contributed by atoms with Gasteiger partial charge < -0.3 is 15.2 Å². The van der Waals surface area contributed by atoms with Crippen molar-refractivity contribution in [2.24, 2.45) is 4.99 Å². The number of allylic oxidation sites excluding steroid dienone is 1. The van der Waals surface area contributed by atoms with Crippen molar-refractivity contribution in [1.82, 2.24) is 0 Å². The van der Waals surface area contributed by atoms with Crippen molar-refractivity contribution in [3.8, 4) is 11.5 Å². The van der Waals surface area contributed by atoms with Gasteiger partial charge in [-0.15, -0.1) is 0 Å². The van der Waals surface area contributed by atoms with E-state index >= 15 is 0 Å². The number of rotatable bonds is 6. The number of phenols is 1. The second-order valence-electron chi connectivity index (χ2n) is 5.80. The molecule has 2 rings (SSSR count). The second kappa shape index (κ2) is 8.20. The first-order chi connectivity index (χ1) is 11.9. The molecule has 2 aromatic rings. The Morgan fingerprint density at radius 2 is 2.08 bits per heavy atom. The lowest BCUT2D eigenvalue weighted by atomic mass is 10.1. The van der Waals surface area contributed by atoms with Gasteiger partial charge in [0.2, 0.25) is 0 Å². The molecule has 2 aromatic carbocycles. The number of benzene rings is 2. The van der Waals surface area contributed by atoms with E-state index in [1.165, 1.54) is 7.11 Å². The third-order valence-corrected chi connectivity index (χ3v) is 3.66. The normalized spacial score (nSPS) is 12.1. The van der Waals surface area contributed by atoms with E-state index < -0.39 is 0 Å². The molecule has 4 heteroatoms. The SMILES string of the molecule is C=C(C)Nc1cccc(C/C(N=CC)=c2\cc(OC)c(O)cc2=C)c1. The summed E-state index contributed by atoms with van der Waals surface area (Å²) in [6.45, 7) is 11.7. The molecule has 0 spiro atoms. The molecule has 2 N–H and O–H groups in total. The van der Waals surface area contributed by atoms with Crippen LogP contribution in [0.25, 0.3) is 12.3 Å². The molecule has 0 radical (unpaired) electrons. The zero-order chi connectivity index (χ0) is 18.4. The van der Waals surface area contributed by atoms with E-state index in [2.05, 4.69) is 35.6 Å². The van der Waals surface area contributed by atoms with Crippen molar-refractivity contribution in [3.63, 3.8) is 0 Å². The van der Waals surface area contributed by atoms with E-state index in [0.717, 1.165) is 27.9 Å². The molecule has 0 amide bonds. The first-order valence-corrected chi connectivity index (χ1v) is 8.04. The van der Waals surface area contributed by atoms with Crippen LogP contribution in [0, 0.1) is 0 Å². The molecular weight excluding hydrogens is 312 g/mol. The molecule has 130 valence electrons. The van der Waals surface area contributed by atoms with E-state index in [1.807, 2.05) is 26.0 Å². The third kappa shape index (κ3) is 4.73. The maximum Gasteiger partial charge on any atom is 0.161 e. The fraction of sp³-hybridized carbons (Fsp3) is 0.190. The highest BCUT2D eigenvalue weighted by molar-refractivity contribution is 5.65. The van der Waals surface area contributed by atoms with Gasteiger partial charge in [0.15, 0.2) is 11.5 Å². The van der Waals surface area contributed by atoms with Crippen LogP contribution in [0.5, 0.6) is 11.5 Å². The number of ether oxygens (including phenoxy) is 1. The van der Waals surface area contributed by atoms with Gasteiger partial charge in [0.1, 0.15) is 0 Å². The Morgan fingerprint density at radius 1 is 1.32 bits per heavy atom. The smallest absolute Gasteiger partial charge is 0.161 e. The number of methoxy groups -OCH3 is 1. The summed E-state index contributed by atoms with van der Waals surface area (Å²) in [6.07, 6.45) is 2.39. The van der Waals surface area contributed by atoms with Crippen molar-refractivity contribution in [2.45, 2.75) is 20.3 Å². The van der Waals surface area contributed by atoms with Crippen molar-refractivity contribution in [3.05, 3.63) is 64.7 Å². The van der Waals surface area contributed by atoms with Crippen LogP contribution in [-0.4, -0.2) is 18.4 Å². The van der Waals surface area contributed by atoms with Gasteiger partial charge in [0.05, 0.1) is 12.8 Å². The molecule has 0 aliphatic rings. The molecule has 0 saturated carbocycles. The standard InChI is InChI=1S/C21H24N2O2/c1-6-22-19(18-13-21(25-5)20(24)10-15(18)4)12-16-8-7-9-17(11-16)23-14(2)3/h6-11,13,23-24H,2,4,12H2,1,3,5H3/b19-18-,22-6?. The van der Waals surface area contributed by atoms with Crippen LogP contribution in [0.3, 0.4) is 0 Å². The summed E-state index contributed by atoms with van der Waals surface area (Å²) < 4.78 is 5.22. The van der Waals surface area contributed by atoms with Gasteiger partial charge in [-0.2, -0.15) is 0 Å². The first kappa shape index (κ1) is 18.3. The van der Waals surface area contributed by atoms with Crippen LogP contribution >= 0.6 is 0 Å². The Labute approximate surface area is 148 Å². The molecule has 0 heterocycles. The lowest BCUT2D eigenvalue weighted by Gasteiger charge is -2.09. The van der Waals surface area contributed by atoms with Crippen molar-refractivity contribution < 1.29 is 9.84 Å². The number of hydrogen-bond donors (Lipinski definition) is 2. The molecule has 0 unspecified atom stereocenters. The fourth-order valence-electron chi connectivity index (χ4n) is 2.61. The van der Waals surface area contributed by atoms with E-state index in [-0.39, 0.29) is 5.75 Å². The average molecular weight is 336 g/mol. The Hall–Kier alpha value is -3.01. The lowest BCUT2D eigenvalue weighted by Crippen LogP contribution is -2.26. The van der Waals surface area contributed by atoms with Gasteiger partial charge >= 0.3 is 0 Å². The predicted molar refractivity (Wildman–Crippen MR) is 106 cm³/mol. The zero-order valence-electron chi connectivity index (χ0n) is 15.0. The number of anilines is 1. The van der Waals surface area contributed by atoms with Crippen LogP contribution < -0.4 is 20.5 Å². The summed E-state index contributed by atoms with van der Waals surface area (Å²) in [4.78, 5) is 4.52. The summed E-state index contributed by atoms with van der Waals surface area (Å²) in [5.41, 5.74) is 3.84. The van der Waals surface area contributed by atoms with Crippen LogP contribution in [0.2, 0.25) is 0 Å². The van der Waals surface area contributed by atoms with Crippen molar-refractivity contribution in [2.75, 3.05) is 12.4 Å². The summed E-state index contributed by atoms with van der Waals surface area (Å²) in [5, 5.41) is 14.7. The monoisotopic (exact) mass is 336 g/mol. The summed E-state index contributed by atoms with van der Waals surface area (Å²) in [7, 11) is 1.52. The number of nitrogens with one attached hydrogen (secondary N) is 1. The molecule has 0 fully saturated rings. The number of aliphatic imine (C=N–C) groups is 1. The number of aromatic hydroxyl groups is 1. The van der Waals surface area contributed by atoms with Crippen LogP contribution in [0.4, 0.5) is 5.69 Å². The van der Waals surface area contributed by atoms with Crippen molar-refractivity contribution in [1.29, 1.82) is 0 Å². The molecule has 0 bridgehead atoms. The molecule has 4 nitrogen and oxygen atoms in total. The van der Waals surface area contributed by atoms with Gasteiger partial charge in [-0.25, -0.2) is 0 Å². The lowest BCUT2D eigenvalue weighted by molar-refractivity contribution is 0.372. The highest BCUT2D eigenvalue weighted by atomic mass is 16.5. The Kier molecular flexibility index (Phi) is 6.01. The molecule has 0 aliphatic heterocycles. The highest BCUT2D eigenvalue weighted by Gasteiger charge is 2.06. The summed E-state index contributed by atoms with van der Waals surface area (Å²) in [6, 6.07) is 11.5. The largest absolute Gasteiger partial charge is 0.504 e. The maximum atomic E-state index is 9.91. The number of hydrogen-bond acceptors (Lipinski definition) is 4. The average Bonchev–Trinajstić information content (AvgIpc) is 2.54. The first-order valence-electron chi connectivity index (χ1n) is 8.04. The van der Waals surface area contributed by atoms with Crippen molar-refractivity contribution >= 4 is 24.2 Å². The molecule has 25 heavy (non-hydrogen) atoms. The molecular formula is C21H24N2O2. The third-order valence-electron chi connectivity index (χ3n) is 3.66. The Balaban J connectivity index is 2.53. The van der Waals surface area contributed by atoms with E-state index in [4.69, 9.17) is 4.74 Å². The highest BCUT2D eigenvalue weighted by Crippen LogP contribution is 2.21. The minimum absolute atomic E-state index is 0.0729. The van der Waals surface area contributed by atoms with Crippen LogP contribution in [-0.2, 0) is 6.42 Å². The topological polar surface area (TPSA) is 53.9 Å². The van der Waals surface area contributed by atoms with E-state index in [0.29, 0.717) is 17.4 Å². The van der Waals surface area contributed by atoms with E-state index in [1.54, 1.807) is 18.3 Å².